The van der Waals surface area contributed by atoms with E-state index in [1.54, 1.807) is 0 Å². The molecule has 0 aliphatic carbocycles. The SMILES string of the molecule is CCc1ccc(-c2ccc(-c3ccc(CC)nc3)cc2)cc1. The summed E-state index contributed by atoms with van der Waals surface area (Å²) in [5.41, 5.74) is 7.42. The minimum atomic E-state index is 0.979. The molecule has 0 aliphatic heterocycles. The quantitative estimate of drug-likeness (QED) is 0.614. The van der Waals surface area contributed by atoms with E-state index >= 15 is 0 Å². The van der Waals surface area contributed by atoms with Crippen molar-refractivity contribution in [2.45, 2.75) is 26.7 Å². The Kier molecular flexibility index (Phi) is 4.34. The lowest BCUT2D eigenvalue weighted by Crippen LogP contribution is -1.87. The van der Waals surface area contributed by atoms with Crippen molar-refractivity contribution in [2.24, 2.45) is 0 Å². The van der Waals surface area contributed by atoms with Gasteiger partial charge in [-0.25, -0.2) is 0 Å². The van der Waals surface area contributed by atoms with E-state index in [1.165, 1.54) is 27.8 Å². The smallest absolute Gasteiger partial charge is 0.0401 e. The van der Waals surface area contributed by atoms with Gasteiger partial charge in [-0.15, -0.1) is 0 Å². The Hall–Kier alpha value is -2.41. The first-order valence-corrected chi connectivity index (χ1v) is 7.95. The number of aromatic nitrogens is 1. The van der Waals surface area contributed by atoms with Gasteiger partial charge in [0.1, 0.15) is 0 Å². The Balaban J connectivity index is 1.84. The molecule has 3 aromatic rings. The van der Waals surface area contributed by atoms with Gasteiger partial charge in [-0.1, -0.05) is 68.4 Å². The van der Waals surface area contributed by atoms with Gasteiger partial charge in [-0.3, -0.25) is 4.98 Å². The van der Waals surface area contributed by atoms with Crippen LogP contribution in [0.2, 0.25) is 0 Å². The van der Waals surface area contributed by atoms with Crippen molar-refractivity contribution in [2.75, 3.05) is 0 Å². The van der Waals surface area contributed by atoms with Crippen molar-refractivity contribution in [3.63, 3.8) is 0 Å². The number of pyridine rings is 1. The first kappa shape index (κ1) is 14.5. The summed E-state index contributed by atoms with van der Waals surface area (Å²) < 4.78 is 0. The molecule has 110 valence electrons. The summed E-state index contributed by atoms with van der Waals surface area (Å²) in [6, 6.07) is 21.8. The Labute approximate surface area is 132 Å². The van der Waals surface area contributed by atoms with Gasteiger partial charge < -0.3 is 0 Å². The second-order valence-electron chi connectivity index (χ2n) is 5.52. The van der Waals surface area contributed by atoms with Gasteiger partial charge in [0.2, 0.25) is 0 Å². The fraction of sp³-hybridized carbons (Fsp3) is 0.190. The minimum absolute atomic E-state index is 0.979. The van der Waals surface area contributed by atoms with E-state index < -0.39 is 0 Å². The second-order valence-corrected chi connectivity index (χ2v) is 5.52. The van der Waals surface area contributed by atoms with Gasteiger partial charge in [-0.2, -0.15) is 0 Å². The maximum Gasteiger partial charge on any atom is 0.0401 e. The summed E-state index contributed by atoms with van der Waals surface area (Å²) in [5, 5.41) is 0. The molecular weight excluding hydrogens is 266 g/mol. The highest BCUT2D eigenvalue weighted by Crippen LogP contribution is 2.25. The number of hydrogen-bond donors (Lipinski definition) is 0. The standard InChI is InChI=1S/C21H21N/c1-3-16-5-7-17(8-6-16)18-9-11-19(12-10-18)20-13-14-21(4-2)22-15-20/h5-15H,3-4H2,1-2H3. The van der Waals surface area contributed by atoms with Crippen molar-refractivity contribution in [3.05, 3.63) is 78.1 Å². The van der Waals surface area contributed by atoms with Crippen molar-refractivity contribution in [1.82, 2.24) is 4.98 Å². The molecule has 0 amide bonds. The van der Waals surface area contributed by atoms with Crippen LogP contribution in [0.5, 0.6) is 0 Å². The summed E-state index contributed by atoms with van der Waals surface area (Å²) in [5.74, 6) is 0. The molecule has 0 fully saturated rings. The lowest BCUT2D eigenvalue weighted by atomic mass is 10.00. The van der Waals surface area contributed by atoms with Crippen LogP contribution in [0, 0.1) is 0 Å². The Bertz CT molecular complexity index is 656. The molecule has 0 N–H and O–H groups in total. The van der Waals surface area contributed by atoms with Crippen LogP contribution in [0.3, 0.4) is 0 Å². The highest BCUT2D eigenvalue weighted by molar-refractivity contribution is 5.70. The molecule has 0 aliphatic rings. The second kappa shape index (κ2) is 6.57. The van der Waals surface area contributed by atoms with E-state index in [0.29, 0.717) is 0 Å². The molecule has 0 atom stereocenters. The number of benzene rings is 2. The van der Waals surface area contributed by atoms with E-state index in [2.05, 4.69) is 79.5 Å². The van der Waals surface area contributed by atoms with Crippen molar-refractivity contribution < 1.29 is 0 Å². The van der Waals surface area contributed by atoms with E-state index in [9.17, 15) is 0 Å². The molecule has 0 saturated carbocycles. The molecule has 0 saturated heterocycles. The van der Waals surface area contributed by atoms with E-state index in [1.807, 2.05) is 6.20 Å². The minimum Gasteiger partial charge on any atom is -0.261 e. The van der Waals surface area contributed by atoms with Gasteiger partial charge in [0, 0.05) is 17.5 Å². The lowest BCUT2D eigenvalue weighted by Gasteiger charge is -2.06. The molecule has 3 rings (SSSR count). The molecule has 0 radical (unpaired) electrons. The van der Waals surface area contributed by atoms with Crippen molar-refractivity contribution in [1.29, 1.82) is 0 Å². The monoisotopic (exact) mass is 287 g/mol. The molecule has 1 heteroatoms. The van der Waals surface area contributed by atoms with Crippen LogP contribution in [0.15, 0.2) is 66.9 Å². The summed E-state index contributed by atoms with van der Waals surface area (Å²) in [4.78, 5) is 4.47. The van der Waals surface area contributed by atoms with Crippen LogP contribution in [-0.4, -0.2) is 4.98 Å². The van der Waals surface area contributed by atoms with Gasteiger partial charge in [-0.05, 0) is 41.2 Å². The Morgan fingerprint density at radius 2 is 1.09 bits per heavy atom. The van der Waals surface area contributed by atoms with Gasteiger partial charge in [0.05, 0.1) is 0 Å². The summed E-state index contributed by atoms with van der Waals surface area (Å²) in [6.07, 6.45) is 4.02. The van der Waals surface area contributed by atoms with E-state index in [-0.39, 0.29) is 0 Å². The summed E-state index contributed by atoms with van der Waals surface area (Å²) in [6.45, 7) is 4.31. The zero-order valence-electron chi connectivity index (χ0n) is 13.2. The Morgan fingerprint density at radius 1 is 0.591 bits per heavy atom. The summed E-state index contributed by atoms with van der Waals surface area (Å²) in [7, 11) is 0. The molecule has 1 heterocycles. The van der Waals surface area contributed by atoms with E-state index in [0.717, 1.165) is 18.5 Å². The number of nitrogens with zero attached hydrogens (tertiary/aromatic N) is 1. The fourth-order valence-electron chi connectivity index (χ4n) is 2.59. The zero-order valence-corrected chi connectivity index (χ0v) is 13.2. The third-order valence-electron chi connectivity index (χ3n) is 4.10. The largest absolute Gasteiger partial charge is 0.261 e. The first-order chi connectivity index (χ1) is 10.8. The highest BCUT2D eigenvalue weighted by atomic mass is 14.7. The molecule has 2 aromatic carbocycles. The lowest BCUT2D eigenvalue weighted by molar-refractivity contribution is 1.04. The van der Waals surface area contributed by atoms with Gasteiger partial charge in [0.25, 0.3) is 0 Å². The Morgan fingerprint density at radius 3 is 1.55 bits per heavy atom. The molecule has 1 nitrogen and oxygen atoms in total. The third kappa shape index (κ3) is 3.09. The van der Waals surface area contributed by atoms with Crippen LogP contribution in [0.1, 0.15) is 25.1 Å². The third-order valence-corrected chi connectivity index (χ3v) is 4.10. The van der Waals surface area contributed by atoms with Crippen LogP contribution in [-0.2, 0) is 12.8 Å². The fourth-order valence-corrected chi connectivity index (χ4v) is 2.59. The normalized spacial score (nSPS) is 10.6. The summed E-state index contributed by atoms with van der Waals surface area (Å²) >= 11 is 0. The zero-order chi connectivity index (χ0) is 15.4. The van der Waals surface area contributed by atoms with Crippen LogP contribution < -0.4 is 0 Å². The van der Waals surface area contributed by atoms with Gasteiger partial charge in [0.15, 0.2) is 0 Å². The molecule has 1 aromatic heterocycles. The highest BCUT2D eigenvalue weighted by Gasteiger charge is 2.01. The molecule has 0 bridgehead atoms. The van der Waals surface area contributed by atoms with Crippen LogP contribution in [0.4, 0.5) is 0 Å². The number of hydrogen-bond acceptors (Lipinski definition) is 1. The van der Waals surface area contributed by atoms with Crippen molar-refractivity contribution in [3.8, 4) is 22.3 Å². The predicted molar refractivity (Wildman–Crippen MR) is 93.9 cm³/mol. The molecular formula is C21H21N. The average Bonchev–Trinajstić information content (AvgIpc) is 2.62. The molecule has 0 spiro atoms. The van der Waals surface area contributed by atoms with Crippen LogP contribution >= 0.6 is 0 Å². The van der Waals surface area contributed by atoms with Crippen LogP contribution in [0.25, 0.3) is 22.3 Å². The molecule has 0 unspecified atom stereocenters. The average molecular weight is 287 g/mol. The topological polar surface area (TPSA) is 12.9 Å². The number of aryl methyl sites for hydroxylation is 2. The predicted octanol–water partition coefficient (Wildman–Crippen LogP) is 5.54. The van der Waals surface area contributed by atoms with Crippen molar-refractivity contribution >= 4 is 0 Å². The number of rotatable bonds is 4. The van der Waals surface area contributed by atoms with E-state index in [4.69, 9.17) is 0 Å². The maximum atomic E-state index is 4.47. The first-order valence-electron chi connectivity index (χ1n) is 7.95. The maximum absolute atomic E-state index is 4.47. The van der Waals surface area contributed by atoms with Gasteiger partial charge >= 0.3 is 0 Å². The molecule has 22 heavy (non-hydrogen) atoms.